The predicted octanol–water partition coefficient (Wildman–Crippen LogP) is 4.33. The minimum Gasteiger partial charge on any atom is -0.453 e. The third-order valence-corrected chi connectivity index (χ3v) is 6.57. The van der Waals surface area contributed by atoms with Crippen molar-refractivity contribution >= 4 is 47.0 Å². The monoisotopic (exact) mass is 568 g/mol. The van der Waals surface area contributed by atoms with E-state index in [9.17, 15) is 32.3 Å². The summed E-state index contributed by atoms with van der Waals surface area (Å²) < 4.78 is 50.7. The number of nitrogens with one attached hydrogen (secondary N) is 3. The van der Waals surface area contributed by atoms with E-state index in [0.717, 1.165) is 7.11 Å². The number of ether oxygens (including phenoxy) is 2. The standard InChI is InChI=1S/C25H24ClF3N4O6/c1-38-22(36)31-16-6-3-14(4-7-16)20(34)32-18(12-25(27,28)29)21(35)33-19-8-5-15(26)11-17(19)24(39-23(33)37)9-2-10-30-13-24/h3-8,11,18,30H,2,9-10,12-13H2,1H3,(H,31,36)(H,32,34)/t18-,24-/m0/s1. The zero-order valence-electron chi connectivity index (χ0n) is 20.6. The number of rotatable bonds is 5. The van der Waals surface area contributed by atoms with E-state index in [-0.39, 0.29) is 28.5 Å². The van der Waals surface area contributed by atoms with Gasteiger partial charge in [-0.25, -0.2) is 14.5 Å². The molecule has 0 unspecified atom stereocenters. The fourth-order valence-corrected chi connectivity index (χ4v) is 4.71. The van der Waals surface area contributed by atoms with Crippen molar-refractivity contribution in [3.05, 3.63) is 58.6 Å². The fourth-order valence-electron chi connectivity index (χ4n) is 4.54. The molecule has 2 aliphatic rings. The molecule has 3 N–H and O–H groups in total. The van der Waals surface area contributed by atoms with Gasteiger partial charge in [-0.2, -0.15) is 13.2 Å². The highest BCUT2D eigenvalue weighted by atomic mass is 35.5. The lowest BCUT2D eigenvalue weighted by Gasteiger charge is -2.44. The van der Waals surface area contributed by atoms with Crippen LogP contribution in [0.5, 0.6) is 0 Å². The maximum atomic E-state index is 13.5. The van der Waals surface area contributed by atoms with Crippen molar-refractivity contribution < 1.29 is 41.8 Å². The van der Waals surface area contributed by atoms with E-state index in [4.69, 9.17) is 16.3 Å². The second-order valence-electron chi connectivity index (χ2n) is 9.02. The first-order valence-electron chi connectivity index (χ1n) is 11.8. The number of nitrogens with zero attached hydrogens (tertiary/aromatic N) is 1. The van der Waals surface area contributed by atoms with Crippen LogP contribution in [0, 0.1) is 0 Å². The summed E-state index contributed by atoms with van der Waals surface area (Å²) in [6.45, 7) is 0.912. The first-order chi connectivity index (χ1) is 18.4. The summed E-state index contributed by atoms with van der Waals surface area (Å²) in [6.07, 6.45) is -7.45. The van der Waals surface area contributed by atoms with Crippen LogP contribution in [0.2, 0.25) is 5.02 Å². The molecule has 0 radical (unpaired) electrons. The molecule has 4 amide bonds. The molecule has 2 heterocycles. The molecule has 1 spiro atoms. The molecule has 0 bridgehead atoms. The van der Waals surface area contributed by atoms with Crippen LogP contribution in [-0.4, -0.2) is 56.4 Å². The van der Waals surface area contributed by atoms with Crippen molar-refractivity contribution in [1.29, 1.82) is 0 Å². The van der Waals surface area contributed by atoms with Crippen molar-refractivity contribution in [3.8, 4) is 0 Å². The van der Waals surface area contributed by atoms with Crippen LogP contribution in [0.3, 0.4) is 0 Å². The quantitative estimate of drug-likeness (QED) is 0.490. The van der Waals surface area contributed by atoms with Crippen LogP contribution in [0.4, 0.5) is 34.1 Å². The van der Waals surface area contributed by atoms with Crippen LogP contribution >= 0.6 is 11.6 Å². The summed E-state index contributed by atoms with van der Waals surface area (Å²) in [5, 5.41) is 7.86. The van der Waals surface area contributed by atoms with Gasteiger partial charge in [-0.05, 0) is 61.9 Å². The lowest BCUT2D eigenvalue weighted by atomic mass is 9.84. The molecule has 1 saturated heterocycles. The molecule has 10 nitrogen and oxygen atoms in total. The molecule has 39 heavy (non-hydrogen) atoms. The summed E-state index contributed by atoms with van der Waals surface area (Å²) in [5.41, 5.74) is -0.565. The zero-order valence-corrected chi connectivity index (χ0v) is 21.3. The molecule has 0 saturated carbocycles. The Hall–Kier alpha value is -3.84. The number of piperidine rings is 1. The van der Waals surface area contributed by atoms with E-state index in [1.54, 1.807) is 0 Å². The molecule has 208 valence electrons. The van der Waals surface area contributed by atoms with Crippen LogP contribution in [0.15, 0.2) is 42.5 Å². The van der Waals surface area contributed by atoms with Crippen molar-refractivity contribution in [2.24, 2.45) is 0 Å². The van der Waals surface area contributed by atoms with Crippen molar-refractivity contribution in [3.63, 3.8) is 0 Å². The van der Waals surface area contributed by atoms with Gasteiger partial charge in [0.1, 0.15) is 6.04 Å². The number of carbonyl (C=O) groups excluding carboxylic acids is 4. The first-order valence-corrected chi connectivity index (χ1v) is 12.2. The van der Waals surface area contributed by atoms with Crippen molar-refractivity contribution in [1.82, 2.24) is 10.6 Å². The van der Waals surface area contributed by atoms with Crippen molar-refractivity contribution in [2.45, 2.75) is 37.1 Å². The Labute approximate surface area is 225 Å². The number of anilines is 2. The Bertz CT molecular complexity index is 1280. The smallest absolute Gasteiger partial charge is 0.422 e. The van der Waals surface area contributed by atoms with Gasteiger partial charge in [0.15, 0.2) is 5.60 Å². The summed E-state index contributed by atoms with van der Waals surface area (Å²) in [6, 6.07) is 7.26. The third-order valence-electron chi connectivity index (χ3n) is 6.34. The predicted molar refractivity (Wildman–Crippen MR) is 134 cm³/mol. The number of alkyl halides is 3. The number of hydrogen-bond donors (Lipinski definition) is 3. The van der Waals surface area contributed by atoms with Gasteiger partial charge >= 0.3 is 18.4 Å². The molecule has 2 aromatic carbocycles. The molecule has 0 aliphatic carbocycles. The number of carbonyl (C=O) groups is 4. The Balaban J connectivity index is 1.63. The Kier molecular flexibility index (Phi) is 8.02. The maximum Gasteiger partial charge on any atom is 0.422 e. The molecule has 4 rings (SSSR count). The average molecular weight is 569 g/mol. The summed E-state index contributed by atoms with van der Waals surface area (Å²) >= 11 is 6.18. The topological polar surface area (TPSA) is 126 Å². The van der Waals surface area contributed by atoms with Gasteiger partial charge in [0, 0.05) is 28.4 Å². The van der Waals surface area contributed by atoms with Gasteiger partial charge in [-0.3, -0.25) is 14.9 Å². The SMILES string of the molecule is COC(=O)Nc1ccc(C(=O)N[C@@H](CC(F)(F)F)C(=O)N2C(=O)O[C@]3(CCCNC3)c3cc(Cl)ccc32)cc1. The number of amides is 4. The van der Waals surface area contributed by atoms with Gasteiger partial charge in [0.05, 0.1) is 19.2 Å². The Morgan fingerprint density at radius 2 is 1.92 bits per heavy atom. The zero-order chi connectivity index (χ0) is 28.4. The second-order valence-corrected chi connectivity index (χ2v) is 9.45. The molecule has 2 atom stereocenters. The lowest BCUT2D eigenvalue weighted by molar-refractivity contribution is -0.147. The van der Waals surface area contributed by atoms with E-state index in [1.807, 2.05) is 0 Å². The number of benzene rings is 2. The molecule has 2 aliphatic heterocycles. The number of fused-ring (bicyclic) bond motifs is 2. The molecule has 2 aromatic rings. The van der Waals surface area contributed by atoms with E-state index >= 15 is 0 Å². The number of halogens is 4. The molecular weight excluding hydrogens is 545 g/mol. The highest BCUT2D eigenvalue weighted by molar-refractivity contribution is 6.31. The van der Waals surface area contributed by atoms with Gasteiger partial charge in [0.2, 0.25) is 0 Å². The van der Waals surface area contributed by atoms with Gasteiger partial charge in [-0.1, -0.05) is 11.6 Å². The van der Waals surface area contributed by atoms with Crippen LogP contribution in [0.1, 0.15) is 35.2 Å². The lowest BCUT2D eigenvalue weighted by Crippen LogP contribution is -2.58. The van der Waals surface area contributed by atoms with E-state index in [1.165, 1.54) is 42.5 Å². The Morgan fingerprint density at radius 3 is 2.54 bits per heavy atom. The van der Waals surface area contributed by atoms with E-state index in [0.29, 0.717) is 29.8 Å². The summed E-state index contributed by atoms with van der Waals surface area (Å²) in [7, 11) is 1.16. The Morgan fingerprint density at radius 1 is 1.21 bits per heavy atom. The minimum atomic E-state index is -4.86. The minimum absolute atomic E-state index is 0.0315. The highest BCUT2D eigenvalue weighted by Gasteiger charge is 2.50. The van der Waals surface area contributed by atoms with Crippen LogP contribution < -0.4 is 20.9 Å². The first kappa shape index (κ1) is 28.2. The largest absolute Gasteiger partial charge is 0.453 e. The molecule has 14 heteroatoms. The average Bonchev–Trinajstić information content (AvgIpc) is 2.88. The van der Waals surface area contributed by atoms with Gasteiger partial charge < -0.3 is 20.1 Å². The maximum absolute atomic E-state index is 13.5. The van der Waals surface area contributed by atoms with Gasteiger partial charge in [-0.15, -0.1) is 0 Å². The van der Waals surface area contributed by atoms with E-state index < -0.39 is 48.2 Å². The third kappa shape index (κ3) is 6.25. The molecular formula is C25H24ClF3N4O6. The van der Waals surface area contributed by atoms with Crippen molar-refractivity contribution in [2.75, 3.05) is 30.4 Å². The van der Waals surface area contributed by atoms with E-state index in [2.05, 4.69) is 20.7 Å². The highest BCUT2D eigenvalue weighted by Crippen LogP contribution is 2.44. The number of imide groups is 1. The second kappa shape index (κ2) is 11.1. The molecule has 1 fully saturated rings. The normalized spacial score (nSPS) is 19.5. The summed E-state index contributed by atoms with van der Waals surface area (Å²) in [4.78, 5) is 51.3. The molecule has 0 aromatic heterocycles. The van der Waals surface area contributed by atoms with Gasteiger partial charge in [0.25, 0.3) is 11.8 Å². The number of methoxy groups -OCH3 is 1. The summed E-state index contributed by atoms with van der Waals surface area (Å²) in [5.74, 6) is -2.33. The van der Waals surface area contributed by atoms with Crippen LogP contribution in [0.25, 0.3) is 0 Å². The van der Waals surface area contributed by atoms with Crippen LogP contribution in [-0.2, 0) is 19.9 Å². The fraction of sp³-hybridized carbons (Fsp3) is 0.360. The number of hydrogen-bond acceptors (Lipinski definition) is 7.